The Balaban J connectivity index is 1.26. The first kappa shape index (κ1) is 18.4. The standard InChI is InChI=1S/C27H28O3/c28-25(21-9-5-2-6-10-21)23-22(20-7-3-1-4-8-20)24(23)26(29)30-27-14-17-11-18(15-27)13-19(12-17)16-27/h1-10,17-19,22-24H,11-16H2/t17?,18?,19?,22-,23-,24-,27?/m0/s1. The highest BCUT2D eigenvalue weighted by Gasteiger charge is 2.62. The number of ether oxygens (including phenoxy) is 1. The number of ketones is 1. The van der Waals surface area contributed by atoms with E-state index >= 15 is 0 Å². The van der Waals surface area contributed by atoms with Gasteiger partial charge in [0.1, 0.15) is 5.60 Å². The molecular formula is C27H28O3. The average molecular weight is 401 g/mol. The molecule has 0 radical (unpaired) electrons. The summed E-state index contributed by atoms with van der Waals surface area (Å²) in [5, 5.41) is 0. The largest absolute Gasteiger partial charge is 0.459 e. The molecule has 0 aliphatic heterocycles. The fraction of sp³-hybridized carbons (Fsp3) is 0.481. The molecule has 154 valence electrons. The molecule has 7 rings (SSSR count). The second kappa shape index (κ2) is 6.80. The summed E-state index contributed by atoms with van der Waals surface area (Å²) in [4.78, 5) is 26.7. The van der Waals surface area contributed by atoms with Crippen LogP contribution in [0.4, 0.5) is 0 Å². The fourth-order valence-electron chi connectivity index (χ4n) is 7.25. The van der Waals surface area contributed by atoms with E-state index in [1.807, 2.05) is 60.7 Å². The zero-order valence-electron chi connectivity index (χ0n) is 17.2. The van der Waals surface area contributed by atoms with Crippen molar-refractivity contribution in [3.63, 3.8) is 0 Å². The van der Waals surface area contributed by atoms with Crippen LogP contribution in [0.3, 0.4) is 0 Å². The van der Waals surface area contributed by atoms with Crippen molar-refractivity contribution < 1.29 is 14.3 Å². The Bertz CT molecular complexity index is 929. The molecule has 3 heteroatoms. The quantitative estimate of drug-likeness (QED) is 0.498. The van der Waals surface area contributed by atoms with Crippen LogP contribution in [0.5, 0.6) is 0 Å². The molecule has 0 heterocycles. The Kier molecular flexibility index (Phi) is 4.16. The van der Waals surface area contributed by atoms with Gasteiger partial charge in [-0.25, -0.2) is 0 Å². The van der Waals surface area contributed by atoms with Crippen molar-refractivity contribution in [2.24, 2.45) is 29.6 Å². The maximum absolute atomic E-state index is 13.4. The summed E-state index contributed by atoms with van der Waals surface area (Å²) in [6, 6.07) is 19.4. The summed E-state index contributed by atoms with van der Waals surface area (Å²) >= 11 is 0. The van der Waals surface area contributed by atoms with Crippen LogP contribution in [0.15, 0.2) is 60.7 Å². The van der Waals surface area contributed by atoms with E-state index in [2.05, 4.69) is 0 Å². The lowest BCUT2D eigenvalue weighted by atomic mass is 9.54. The predicted molar refractivity (Wildman–Crippen MR) is 114 cm³/mol. The van der Waals surface area contributed by atoms with E-state index in [0.29, 0.717) is 5.56 Å². The minimum Gasteiger partial charge on any atom is -0.459 e. The lowest BCUT2D eigenvalue weighted by molar-refractivity contribution is -0.188. The first-order valence-electron chi connectivity index (χ1n) is 11.5. The normalized spacial score (nSPS) is 38.3. The third-order valence-electron chi connectivity index (χ3n) is 8.14. The van der Waals surface area contributed by atoms with Gasteiger partial charge in [-0.15, -0.1) is 0 Å². The van der Waals surface area contributed by atoms with Gasteiger partial charge >= 0.3 is 5.97 Å². The Labute approximate surface area is 177 Å². The van der Waals surface area contributed by atoms with Crippen LogP contribution in [0.25, 0.3) is 0 Å². The number of esters is 1. The molecule has 2 aromatic rings. The van der Waals surface area contributed by atoms with Crippen LogP contribution in [0.2, 0.25) is 0 Å². The lowest BCUT2D eigenvalue weighted by Crippen LogP contribution is -2.53. The number of carbonyl (C=O) groups excluding carboxylic acids is 2. The summed E-state index contributed by atoms with van der Waals surface area (Å²) < 4.78 is 6.35. The monoisotopic (exact) mass is 400 g/mol. The van der Waals surface area contributed by atoms with E-state index in [0.717, 1.165) is 42.6 Å². The van der Waals surface area contributed by atoms with Gasteiger partial charge in [0.25, 0.3) is 0 Å². The fourth-order valence-corrected chi connectivity index (χ4v) is 7.25. The molecule has 5 aliphatic rings. The van der Waals surface area contributed by atoms with E-state index in [4.69, 9.17) is 4.74 Å². The minimum absolute atomic E-state index is 0.0666. The Hall–Kier alpha value is -2.42. The number of carbonyl (C=O) groups is 2. The second-order valence-corrected chi connectivity index (χ2v) is 10.2. The highest BCUT2D eigenvalue weighted by atomic mass is 16.6. The first-order valence-corrected chi connectivity index (χ1v) is 11.5. The van der Waals surface area contributed by atoms with Gasteiger partial charge in [-0.05, 0) is 61.8 Å². The van der Waals surface area contributed by atoms with Crippen molar-refractivity contribution in [1.29, 1.82) is 0 Å². The molecule has 5 fully saturated rings. The SMILES string of the molecule is O=C(OC12CC3CC(CC(C3)C1)C2)[C@@H]1[C@@H](C(=O)c2ccccc2)[C@@H]1c1ccccc1. The Morgan fingerprint density at radius 1 is 0.733 bits per heavy atom. The highest BCUT2D eigenvalue weighted by Crippen LogP contribution is 2.60. The van der Waals surface area contributed by atoms with Crippen LogP contribution in [-0.2, 0) is 9.53 Å². The van der Waals surface area contributed by atoms with E-state index in [9.17, 15) is 9.59 Å². The van der Waals surface area contributed by atoms with Gasteiger partial charge in [0.05, 0.1) is 5.92 Å². The molecule has 4 bridgehead atoms. The van der Waals surface area contributed by atoms with Gasteiger partial charge < -0.3 is 4.74 Å². The van der Waals surface area contributed by atoms with Crippen LogP contribution >= 0.6 is 0 Å². The van der Waals surface area contributed by atoms with Gasteiger partial charge in [0.2, 0.25) is 0 Å². The summed E-state index contributed by atoms with van der Waals surface area (Å²) in [5.41, 5.74) is 1.50. The van der Waals surface area contributed by atoms with E-state index in [1.165, 1.54) is 19.3 Å². The molecule has 0 spiro atoms. The van der Waals surface area contributed by atoms with Crippen LogP contribution in [0, 0.1) is 29.6 Å². The van der Waals surface area contributed by atoms with Crippen LogP contribution in [0.1, 0.15) is 60.4 Å². The van der Waals surface area contributed by atoms with Gasteiger partial charge in [0.15, 0.2) is 5.78 Å². The molecule has 0 N–H and O–H groups in total. The van der Waals surface area contributed by atoms with Crippen LogP contribution < -0.4 is 0 Å². The van der Waals surface area contributed by atoms with Gasteiger partial charge in [0, 0.05) is 17.4 Å². The minimum atomic E-state index is -0.354. The smallest absolute Gasteiger partial charge is 0.310 e. The third-order valence-corrected chi connectivity index (χ3v) is 8.14. The van der Waals surface area contributed by atoms with E-state index in [-0.39, 0.29) is 35.1 Å². The molecule has 3 atom stereocenters. The number of hydrogen-bond donors (Lipinski definition) is 0. The number of rotatable bonds is 5. The van der Waals surface area contributed by atoms with Gasteiger partial charge in [-0.2, -0.15) is 0 Å². The van der Waals surface area contributed by atoms with E-state index in [1.54, 1.807) is 0 Å². The molecule has 0 amide bonds. The van der Waals surface area contributed by atoms with E-state index < -0.39 is 0 Å². The molecule has 3 nitrogen and oxygen atoms in total. The average Bonchev–Trinajstić information content (AvgIpc) is 3.49. The highest BCUT2D eigenvalue weighted by molar-refractivity contribution is 6.04. The molecule has 5 aliphatic carbocycles. The first-order chi connectivity index (χ1) is 14.6. The summed E-state index contributed by atoms with van der Waals surface area (Å²) in [6.07, 6.45) is 7.06. The van der Waals surface area contributed by atoms with Crippen molar-refractivity contribution >= 4 is 11.8 Å². The predicted octanol–water partition coefficient (Wildman–Crippen LogP) is 5.41. The molecule has 0 unspecified atom stereocenters. The number of hydrogen-bond acceptors (Lipinski definition) is 3. The zero-order chi connectivity index (χ0) is 20.3. The summed E-state index contributed by atoms with van der Waals surface area (Å²) in [6.45, 7) is 0. The summed E-state index contributed by atoms with van der Waals surface area (Å²) in [5.74, 6) is 1.39. The maximum Gasteiger partial charge on any atom is 0.310 e. The van der Waals surface area contributed by atoms with Crippen molar-refractivity contribution in [2.75, 3.05) is 0 Å². The number of benzene rings is 2. The van der Waals surface area contributed by atoms with Gasteiger partial charge in [-0.3, -0.25) is 9.59 Å². The lowest BCUT2D eigenvalue weighted by Gasteiger charge is -2.55. The Morgan fingerprint density at radius 2 is 1.27 bits per heavy atom. The maximum atomic E-state index is 13.4. The van der Waals surface area contributed by atoms with Crippen molar-refractivity contribution in [2.45, 2.75) is 50.0 Å². The zero-order valence-corrected chi connectivity index (χ0v) is 17.2. The van der Waals surface area contributed by atoms with Crippen molar-refractivity contribution in [3.05, 3.63) is 71.8 Å². The van der Waals surface area contributed by atoms with Crippen molar-refractivity contribution in [3.8, 4) is 0 Å². The molecular weight excluding hydrogens is 372 g/mol. The second-order valence-electron chi connectivity index (χ2n) is 10.2. The Morgan fingerprint density at radius 3 is 1.83 bits per heavy atom. The third kappa shape index (κ3) is 3.02. The molecule has 0 saturated heterocycles. The molecule has 30 heavy (non-hydrogen) atoms. The topological polar surface area (TPSA) is 43.4 Å². The summed E-state index contributed by atoms with van der Waals surface area (Å²) in [7, 11) is 0. The molecule has 5 saturated carbocycles. The number of Topliss-reactive ketones (excluding diaryl/α,β-unsaturated/α-hetero) is 1. The molecule has 2 aromatic carbocycles. The van der Waals surface area contributed by atoms with Crippen molar-refractivity contribution in [1.82, 2.24) is 0 Å². The van der Waals surface area contributed by atoms with Crippen LogP contribution in [-0.4, -0.2) is 17.4 Å². The van der Waals surface area contributed by atoms with Gasteiger partial charge in [-0.1, -0.05) is 60.7 Å². The molecule has 0 aromatic heterocycles.